The van der Waals surface area contributed by atoms with Crippen LogP contribution in [0.15, 0.2) is 46.9 Å². The van der Waals surface area contributed by atoms with Crippen molar-refractivity contribution in [1.82, 2.24) is 5.32 Å². The third-order valence-corrected chi connectivity index (χ3v) is 6.31. The summed E-state index contributed by atoms with van der Waals surface area (Å²) >= 11 is 3.44. The predicted octanol–water partition coefficient (Wildman–Crippen LogP) is 3.65. The minimum Gasteiger partial charge on any atom is -0.346 e. The average Bonchev–Trinajstić information content (AvgIpc) is 2.89. The SMILES string of the molecule is CC(NC(=O)c1ccc2c(c1)CC(C)N2S(C)(=O)=O)c1cccc(Br)c1. The van der Waals surface area contributed by atoms with Crippen molar-refractivity contribution in [3.8, 4) is 0 Å². The van der Waals surface area contributed by atoms with E-state index < -0.39 is 10.0 Å². The maximum absolute atomic E-state index is 12.6. The molecule has 1 aliphatic heterocycles. The quantitative estimate of drug-likeness (QED) is 0.794. The highest BCUT2D eigenvalue weighted by Gasteiger charge is 2.32. The van der Waals surface area contributed by atoms with Gasteiger partial charge in [0.2, 0.25) is 10.0 Å². The summed E-state index contributed by atoms with van der Waals surface area (Å²) < 4.78 is 26.4. The van der Waals surface area contributed by atoms with Crippen LogP contribution in [0.5, 0.6) is 0 Å². The Kier molecular flexibility index (Phi) is 5.12. The molecule has 1 N–H and O–H groups in total. The largest absolute Gasteiger partial charge is 0.346 e. The number of fused-ring (bicyclic) bond motifs is 1. The maximum atomic E-state index is 12.6. The van der Waals surface area contributed by atoms with Crippen molar-refractivity contribution in [2.24, 2.45) is 0 Å². The third-order valence-electron chi connectivity index (χ3n) is 4.55. The highest BCUT2D eigenvalue weighted by molar-refractivity contribution is 9.10. The van der Waals surface area contributed by atoms with E-state index in [4.69, 9.17) is 0 Å². The molecule has 0 spiro atoms. The molecular formula is C19H21BrN2O3S. The van der Waals surface area contributed by atoms with Gasteiger partial charge in [-0.25, -0.2) is 8.42 Å². The van der Waals surface area contributed by atoms with Gasteiger partial charge in [-0.15, -0.1) is 0 Å². The number of rotatable bonds is 4. The predicted molar refractivity (Wildman–Crippen MR) is 107 cm³/mol. The van der Waals surface area contributed by atoms with E-state index in [1.165, 1.54) is 10.6 Å². The molecule has 2 unspecified atom stereocenters. The van der Waals surface area contributed by atoms with Crippen LogP contribution in [0.3, 0.4) is 0 Å². The number of hydrogen-bond acceptors (Lipinski definition) is 3. The molecule has 0 bridgehead atoms. The lowest BCUT2D eigenvalue weighted by molar-refractivity contribution is 0.0940. The third kappa shape index (κ3) is 3.78. The average molecular weight is 437 g/mol. The first-order chi connectivity index (χ1) is 12.2. The van der Waals surface area contributed by atoms with Crippen LogP contribution in [0.25, 0.3) is 0 Å². The highest BCUT2D eigenvalue weighted by Crippen LogP contribution is 2.34. The normalized spacial score (nSPS) is 17.7. The van der Waals surface area contributed by atoms with Crippen LogP contribution in [-0.2, 0) is 16.4 Å². The number of carbonyl (C=O) groups is 1. The number of amides is 1. The van der Waals surface area contributed by atoms with Gasteiger partial charge in [-0.3, -0.25) is 9.10 Å². The molecule has 2 aromatic rings. The van der Waals surface area contributed by atoms with E-state index in [1.54, 1.807) is 18.2 Å². The van der Waals surface area contributed by atoms with E-state index in [0.29, 0.717) is 17.7 Å². The van der Waals surface area contributed by atoms with E-state index in [2.05, 4.69) is 21.2 Å². The first-order valence-electron chi connectivity index (χ1n) is 8.35. The Morgan fingerprint density at radius 3 is 2.65 bits per heavy atom. The summed E-state index contributed by atoms with van der Waals surface area (Å²) in [7, 11) is -3.33. The fourth-order valence-electron chi connectivity index (χ4n) is 3.39. The number of carbonyl (C=O) groups excluding carboxylic acids is 1. The second-order valence-electron chi connectivity index (χ2n) is 6.71. The molecule has 2 aromatic carbocycles. The van der Waals surface area contributed by atoms with Crippen molar-refractivity contribution >= 4 is 37.5 Å². The number of benzene rings is 2. The molecular weight excluding hydrogens is 416 g/mol. The van der Waals surface area contributed by atoms with E-state index >= 15 is 0 Å². The molecule has 0 saturated heterocycles. The van der Waals surface area contributed by atoms with Gasteiger partial charge in [0.1, 0.15) is 0 Å². The molecule has 3 rings (SSSR count). The standard InChI is InChI=1S/C19H21BrN2O3S/c1-12-9-16-10-15(7-8-18(16)22(12)26(3,24)25)19(23)21-13(2)14-5-4-6-17(20)11-14/h4-8,10-13H,9H2,1-3H3,(H,21,23). The van der Waals surface area contributed by atoms with Crippen LogP contribution in [-0.4, -0.2) is 26.6 Å². The Morgan fingerprint density at radius 2 is 2.00 bits per heavy atom. The topological polar surface area (TPSA) is 66.5 Å². The van der Waals surface area contributed by atoms with Gasteiger partial charge in [0, 0.05) is 16.1 Å². The summed E-state index contributed by atoms with van der Waals surface area (Å²) in [5.41, 5.74) is 3.08. The van der Waals surface area contributed by atoms with Gasteiger partial charge in [0.25, 0.3) is 5.91 Å². The molecule has 0 radical (unpaired) electrons. The smallest absolute Gasteiger partial charge is 0.251 e. The zero-order chi connectivity index (χ0) is 19.1. The summed E-state index contributed by atoms with van der Waals surface area (Å²) in [5.74, 6) is -0.175. The highest BCUT2D eigenvalue weighted by atomic mass is 79.9. The van der Waals surface area contributed by atoms with E-state index in [0.717, 1.165) is 15.6 Å². The fraction of sp³-hybridized carbons (Fsp3) is 0.316. The lowest BCUT2D eigenvalue weighted by Gasteiger charge is -2.22. The summed E-state index contributed by atoms with van der Waals surface area (Å²) in [4.78, 5) is 12.6. The molecule has 0 fully saturated rings. The van der Waals surface area contributed by atoms with E-state index in [1.807, 2.05) is 38.1 Å². The van der Waals surface area contributed by atoms with Gasteiger partial charge < -0.3 is 5.32 Å². The summed E-state index contributed by atoms with van der Waals surface area (Å²) in [6.07, 6.45) is 1.81. The van der Waals surface area contributed by atoms with Crippen molar-refractivity contribution in [3.63, 3.8) is 0 Å². The maximum Gasteiger partial charge on any atom is 0.251 e. The number of anilines is 1. The molecule has 0 aromatic heterocycles. The first-order valence-corrected chi connectivity index (χ1v) is 11.0. The molecule has 1 heterocycles. The Hall–Kier alpha value is -1.86. The van der Waals surface area contributed by atoms with E-state index in [9.17, 15) is 13.2 Å². The van der Waals surface area contributed by atoms with E-state index in [-0.39, 0.29) is 18.0 Å². The molecule has 138 valence electrons. The molecule has 7 heteroatoms. The van der Waals surface area contributed by atoms with Gasteiger partial charge in [0.05, 0.1) is 18.0 Å². The van der Waals surface area contributed by atoms with Crippen LogP contribution < -0.4 is 9.62 Å². The first kappa shape index (κ1) is 18.9. The zero-order valence-electron chi connectivity index (χ0n) is 14.9. The number of sulfonamides is 1. The van der Waals surface area contributed by atoms with Crippen LogP contribution >= 0.6 is 15.9 Å². The van der Waals surface area contributed by atoms with Gasteiger partial charge in [-0.1, -0.05) is 28.1 Å². The molecule has 26 heavy (non-hydrogen) atoms. The van der Waals surface area contributed by atoms with Crippen LogP contribution in [0.4, 0.5) is 5.69 Å². The second-order valence-corrected chi connectivity index (χ2v) is 9.48. The Balaban J connectivity index is 1.81. The molecule has 0 saturated carbocycles. The summed E-state index contributed by atoms with van der Waals surface area (Å²) in [6.45, 7) is 3.80. The molecule has 1 amide bonds. The number of nitrogens with one attached hydrogen (secondary N) is 1. The van der Waals surface area contributed by atoms with Gasteiger partial charge in [-0.05, 0) is 61.7 Å². The Bertz CT molecular complexity index is 959. The van der Waals surface area contributed by atoms with Gasteiger partial charge in [0.15, 0.2) is 0 Å². The lowest BCUT2D eigenvalue weighted by Crippen LogP contribution is -2.34. The van der Waals surface area contributed by atoms with Crippen molar-refractivity contribution in [2.45, 2.75) is 32.4 Å². The van der Waals surface area contributed by atoms with Crippen LogP contribution in [0.2, 0.25) is 0 Å². The number of halogens is 1. The van der Waals surface area contributed by atoms with Crippen molar-refractivity contribution < 1.29 is 13.2 Å². The lowest BCUT2D eigenvalue weighted by atomic mass is 10.0. The summed E-state index contributed by atoms with van der Waals surface area (Å²) in [6, 6.07) is 12.7. The fourth-order valence-corrected chi connectivity index (χ4v) is 5.07. The second kappa shape index (κ2) is 7.04. The Morgan fingerprint density at radius 1 is 1.27 bits per heavy atom. The van der Waals surface area contributed by atoms with Crippen molar-refractivity contribution in [3.05, 3.63) is 63.6 Å². The minimum absolute atomic E-state index is 0.139. The molecule has 1 aliphatic rings. The number of hydrogen-bond donors (Lipinski definition) is 1. The molecule has 2 atom stereocenters. The van der Waals surface area contributed by atoms with Gasteiger partial charge in [-0.2, -0.15) is 0 Å². The zero-order valence-corrected chi connectivity index (χ0v) is 17.3. The van der Waals surface area contributed by atoms with Crippen LogP contribution in [0.1, 0.15) is 41.4 Å². The number of nitrogens with zero attached hydrogens (tertiary/aromatic N) is 1. The molecule has 5 nitrogen and oxygen atoms in total. The van der Waals surface area contributed by atoms with Crippen molar-refractivity contribution in [2.75, 3.05) is 10.6 Å². The van der Waals surface area contributed by atoms with Crippen LogP contribution in [0, 0.1) is 0 Å². The van der Waals surface area contributed by atoms with Crippen molar-refractivity contribution in [1.29, 1.82) is 0 Å². The monoisotopic (exact) mass is 436 g/mol. The summed E-state index contributed by atoms with van der Waals surface area (Å²) in [5, 5.41) is 2.99. The Labute approximate surface area is 162 Å². The minimum atomic E-state index is -3.33. The van der Waals surface area contributed by atoms with Gasteiger partial charge >= 0.3 is 0 Å². The molecule has 0 aliphatic carbocycles.